The van der Waals surface area contributed by atoms with Crippen molar-refractivity contribution in [3.63, 3.8) is 0 Å². The Kier molecular flexibility index (Phi) is 4.09. The largest absolute Gasteiger partial charge is 0.271 e. The van der Waals surface area contributed by atoms with E-state index in [1.807, 2.05) is 0 Å². The Balaban J connectivity index is 2.55. The van der Waals surface area contributed by atoms with Crippen LogP contribution < -0.4 is 11.3 Å². The molecule has 19 heavy (non-hydrogen) atoms. The summed E-state index contributed by atoms with van der Waals surface area (Å²) in [5.41, 5.74) is 2.27. The Morgan fingerprint density at radius 1 is 0.947 bits per heavy atom. The highest BCUT2D eigenvalue weighted by Gasteiger charge is 2.21. The zero-order valence-electron chi connectivity index (χ0n) is 9.63. The van der Waals surface area contributed by atoms with Crippen molar-refractivity contribution in [3.8, 4) is 0 Å². The van der Waals surface area contributed by atoms with E-state index in [1.165, 1.54) is 18.2 Å². The molecule has 0 aromatic heterocycles. The predicted molar refractivity (Wildman–Crippen MR) is 66.9 cm³/mol. The Hall–Kier alpha value is -1.56. The van der Waals surface area contributed by atoms with Crippen molar-refractivity contribution in [3.05, 3.63) is 70.0 Å². The average molecular weight is 287 g/mol. The molecule has 100 valence electrons. The van der Waals surface area contributed by atoms with E-state index in [1.54, 1.807) is 6.07 Å². The van der Waals surface area contributed by atoms with Gasteiger partial charge in [0, 0.05) is 11.1 Å². The lowest BCUT2D eigenvalue weighted by Crippen LogP contribution is -2.30. The van der Waals surface area contributed by atoms with E-state index in [9.17, 15) is 13.2 Å². The molecule has 2 nitrogen and oxygen atoms in total. The first-order chi connectivity index (χ1) is 9.04. The second kappa shape index (κ2) is 5.61. The first-order valence-corrected chi connectivity index (χ1v) is 5.77. The van der Waals surface area contributed by atoms with Crippen LogP contribution in [0.1, 0.15) is 17.2 Å². The van der Waals surface area contributed by atoms with Crippen molar-refractivity contribution in [2.24, 2.45) is 5.84 Å². The highest BCUT2D eigenvalue weighted by molar-refractivity contribution is 6.30. The number of hydrazine groups is 1. The molecule has 6 heteroatoms. The maximum Gasteiger partial charge on any atom is 0.142 e. The van der Waals surface area contributed by atoms with Gasteiger partial charge in [-0.15, -0.1) is 0 Å². The van der Waals surface area contributed by atoms with Crippen LogP contribution in [0.5, 0.6) is 0 Å². The summed E-state index contributed by atoms with van der Waals surface area (Å²) < 4.78 is 40.9. The fourth-order valence-electron chi connectivity index (χ4n) is 1.82. The van der Waals surface area contributed by atoms with Gasteiger partial charge in [0.25, 0.3) is 0 Å². The Bertz CT molecular complexity index is 604. The molecule has 0 spiro atoms. The van der Waals surface area contributed by atoms with Gasteiger partial charge in [0.1, 0.15) is 17.5 Å². The summed E-state index contributed by atoms with van der Waals surface area (Å²) >= 11 is 5.47. The fraction of sp³-hybridized carbons (Fsp3) is 0.0769. The highest BCUT2D eigenvalue weighted by Crippen LogP contribution is 2.29. The first kappa shape index (κ1) is 13.9. The van der Waals surface area contributed by atoms with Gasteiger partial charge in [-0.1, -0.05) is 29.8 Å². The Labute approximate surface area is 113 Å². The first-order valence-electron chi connectivity index (χ1n) is 5.39. The van der Waals surface area contributed by atoms with Crippen molar-refractivity contribution in [2.45, 2.75) is 6.04 Å². The van der Waals surface area contributed by atoms with E-state index in [-0.39, 0.29) is 16.1 Å². The zero-order chi connectivity index (χ0) is 14.0. The van der Waals surface area contributed by atoms with Crippen LogP contribution in [0.2, 0.25) is 5.02 Å². The predicted octanol–water partition coefficient (Wildman–Crippen LogP) is 3.31. The van der Waals surface area contributed by atoms with Crippen molar-refractivity contribution in [1.29, 1.82) is 0 Å². The van der Waals surface area contributed by atoms with E-state index in [4.69, 9.17) is 17.4 Å². The lowest BCUT2D eigenvalue weighted by molar-refractivity contribution is 0.523. The van der Waals surface area contributed by atoms with Crippen LogP contribution in [0.4, 0.5) is 13.2 Å². The van der Waals surface area contributed by atoms with Gasteiger partial charge in [0.15, 0.2) is 0 Å². The molecule has 0 heterocycles. The van der Waals surface area contributed by atoms with Gasteiger partial charge in [-0.25, -0.2) is 18.6 Å². The van der Waals surface area contributed by atoms with Crippen LogP contribution in [-0.4, -0.2) is 0 Å². The number of nitrogens with two attached hydrogens (primary N) is 1. The minimum absolute atomic E-state index is 0.116. The number of benzene rings is 2. The smallest absolute Gasteiger partial charge is 0.142 e. The van der Waals surface area contributed by atoms with Crippen molar-refractivity contribution in [1.82, 2.24) is 5.43 Å². The minimum Gasteiger partial charge on any atom is -0.271 e. The van der Waals surface area contributed by atoms with E-state index >= 15 is 0 Å². The molecule has 0 fully saturated rings. The van der Waals surface area contributed by atoms with Crippen LogP contribution >= 0.6 is 11.6 Å². The number of hydrogen-bond acceptors (Lipinski definition) is 2. The fourth-order valence-corrected chi connectivity index (χ4v) is 1.97. The molecule has 0 bridgehead atoms. The lowest BCUT2D eigenvalue weighted by Gasteiger charge is -2.18. The normalized spacial score (nSPS) is 12.5. The third kappa shape index (κ3) is 2.73. The third-order valence-electron chi connectivity index (χ3n) is 2.73. The topological polar surface area (TPSA) is 38.0 Å². The molecule has 3 N–H and O–H groups in total. The summed E-state index contributed by atoms with van der Waals surface area (Å²) in [7, 11) is 0. The Morgan fingerprint density at radius 3 is 2.26 bits per heavy atom. The van der Waals surface area contributed by atoms with Gasteiger partial charge in [0.05, 0.1) is 11.1 Å². The van der Waals surface area contributed by atoms with Crippen LogP contribution in [0.25, 0.3) is 0 Å². The van der Waals surface area contributed by atoms with Crippen LogP contribution in [0.15, 0.2) is 36.4 Å². The average Bonchev–Trinajstić information content (AvgIpc) is 2.38. The molecule has 1 atom stereocenters. The second-order valence-electron chi connectivity index (χ2n) is 3.91. The monoisotopic (exact) mass is 286 g/mol. The second-order valence-corrected chi connectivity index (χ2v) is 4.32. The number of nitrogens with one attached hydrogen (secondary N) is 1. The van der Waals surface area contributed by atoms with Gasteiger partial charge >= 0.3 is 0 Å². The summed E-state index contributed by atoms with van der Waals surface area (Å²) in [6, 6.07) is 6.44. The van der Waals surface area contributed by atoms with E-state index in [0.717, 1.165) is 12.1 Å². The molecule has 2 aromatic rings. The van der Waals surface area contributed by atoms with Crippen LogP contribution in [0, 0.1) is 17.5 Å². The zero-order valence-corrected chi connectivity index (χ0v) is 10.4. The quantitative estimate of drug-likeness (QED) is 0.516. The summed E-state index contributed by atoms with van der Waals surface area (Å²) in [6.45, 7) is 0. The third-order valence-corrected chi connectivity index (χ3v) is 3.02. The highest BCUT2D eigenvalue weighted by atomic mass is 35.5. The molecule has 0 aliphatic carbocycles. The van der Waals surface area contributed by atoms with Crippen molar-refractivity contribution >= 4 is 11.6 Å². The molecule has 0 saturated heterocycles. The van der Waals surface area contributed by atoms with Gasteiger partial charge in [-0.3, -0.25) is 5.84 Å². The molecular formula is C13H10ClF3N2. The lowest BCUT2D eigenvalue weighted by atomic mass is 9.98. The summed E-state index contributed by atoms with van der Waals surface area (Å²) in [5.74, 6) is 3.19. The number of halogens is 4. The van der Waals surface area contributed by atoms with E-state index < -0.39 is 23.5 Å². The summed E-state index contributed by atoms with van der Waals surface area (Å²) in [6.07, 6.45) is 0. The molecule has 2 aromatic carbocycles. The standard InChI is InChI=1S/C13H10ClF3N2/c14-9-6-11(16)8(5-12(9)17)13(19-18)7-3-1-2-4-10(7)15/h1-6,13,19H,18H2. The van der Waals surface area contributed by atoms with Gasteiger partial charge in [-0.2, -0.15) is 0 Å². The molecular weight excluding hydrogens is 277 g/mol. The number of rotatable bonds is 3. The van der Waals surface area contributed by atoms with Crippen molar-refractivity contribution in [2.75, 3.05) is 0 Å². The Morgan fingerprint density at radius 2 is 1.63 bits per heavy atom. The van der Waals surface area contributed by atoms with E-state index in [2.05, 4.69) is 5.43 Å². The van der Waals surface area contributed by atoms with Gasteiger partial charge in [-0.05, 0) is 18.2 Å². The molecule has 0 radical (unpaired) electrons. The van der Waals surface area contributed by atoms with Gasteiger partial charge in [0.2, 0.25) is 0 Å². The van der Waals surface area contributed by atoms with Crippen LogP contribution in [-0.2, 0) is 0 Å². The molecule has 2 rings (SSSR count). The summed E-state index contributed by atoms with van der Waals surface area (Å²) in [4.78, 5) is 0. The van der Waals surface area contributed by atoms with Gasteiger partial charge < -0.3 is 0 Å². The molecule has 1 unspecified atom stereocenters. The van der Waals surface area contributed by atoms with Crippen LogP contribution in [0.3, 0.4) is 0 Å². The molecule has 0 aliphatic rings. The molecule has 0 amide bonds. The molecule has 0 saturated carbocycles. The minimum atomic E-state index is -1.01. The van der Waals surface area contributed by atoms with Crippen molar-refractivity contribution < 1.29 is 13.2 Å². The SMILES string of the molecule is NNC(c1ccccc1F)c1cc(F)c(Cl)cc1F. The maximum atomic E-state index is 13.8. The molecule has 0 aliphatic heterocycles. The number of hydrogen-bond donors (Lipinski definition) is 2. The summed E-state index contributed by atoms with van der Waals surface area (Å²) in [5, 5.41) is -0.342. The van der Waals surface area contributed by atoms with E-state index in [0.29, 0.717) is 0 Å². The maximum absolute atomic E-state index is 13.8.